The van der Waals surface area contributed by atoms with Gasteiger partial charge in [0.25, 0.3) is 0 Å². The third kappa shape index (κ3) is 4.76. The van der Waals surface area contributed by atoms with Gasteiger partial charge in [-0.25, -0.2) is 0 Å². The molecule has 0 radical (unpaired) electrons. The van der Waals surface area contributed by atoms with Crippen molar-refractivity contribution in [1.82, 2.24) is 25.2 Å². The van der Waals surface area contributed by atoms with E-state index in [0.29, 0.717) is 11.7 Å². The quantitative estimate of drug-likeness (QED) is 0.849. The maximum atomic E-state index is 12.1. The molecule has 1 aliphatic rings. The Morgan fingerprint density at radius 3 is 2.64 bits per heavy atom. The molecular weight excluding hydrogens is 314 g/mol. The molecule has 1 N–H and O–H groups in total. The Kier molecular flexibility index (Phi) is 5.60. The molecule has 1 aromatic heterocycles. The van der Waals surface area contributed by atoms with E-state index in [4.69, 9.17) is 0 Å². The molecule has 1 aliphatic heterocycles. The monoisotopic (exact) mass is 339 g/mol. The molecule has 6 heteroatoms. The highest BCUT2D eigenvalue weighted by Gasteiger charge is 2.21. The Labute approximate surface area is 148 Å². The SMILES string of the molecule is CC(C)N1CCC(NC(=O)/C=C/c2cnn(-c3ccccc3)n2)CC1. The van der Waals surface area contributed by atoms with Crippen LogP contribution in [-0.4, -0.2) is 51.0 Å². The molecule has 25 heavy (non-hydrogen) atoms. The first-order valence-corrected chi connectivity index (χ1v) is 8.82. The zero-order valence-corrected chi connectivity index (χ0v) is 14.8. The van der Waals surface area contributed by atoms with Crippen LogP contribution >= 0.6 is 0 Å². The highest BCUT2D eigenvalue weighted by atomic mass is 16.1. The first-order chi connectivity index (χ1) is 12.1. The van der Waals surface area contributed by atoms with E-state index < -0.39 is 0 Å². The van der Waals surface area contributed by atoms with E-state index in [0.717, 1.165) is 31.6 Å². The molecule has 0 bridgehead atoms. The number of nitrogens with one attached hydrogen (secondary N) is 1. The van der Waals surface area contributed by atoms with Crippen molar-refractivity contribution in [3.05, 3.63) is 48.3 Å². The van der Waals surface area contributed by atoms with Crippen molar-refractivity contribution in [2.75, 3.05) is 13.1 Å². The number of carbonyl (C=O) groups is 1. The lowest BCUT2D eigenvalue weighted by molar-refractivity contribution is -0.117. The molecule has 3 rings (SSSR count). The Hall–Kier alpha value is -2.47. The number of likely N-dealkylation sites (tertiary alicyclic amines) is 1. The van der Waals surface area contributed by atoms with Gasteiger partial charge in [-0.3, -0.25) is 4.79 Å². The lowest BCUT2D eigenvalue weighted by atomic mass is 10.0. The van der Waals surface area contributed by atoms with Gasteiger partial charge in [0.05, 0.1) is 11.9 Å². The van der Waals surface area contributed by atoms with Crippen LogP contribution in [0.4, 0.5) is 0 Å². The van der Waals surface area contributed by atoms with Gasteiger partial charge in [-0.05, 0) is 44.9 Å². The zero-order chi connectivity index (χ0) is 17.6. The van der Waals surface area contributed by atoms with Crippen molar-refractivity contribution in [3.63, 3.8) is 0 Å². The molecular formula is C19H25N5O. The molecule has 0 unspecified atom stereocenters. The second kappa shape index (κ2) is 8.07. The summed E-state index contributed by atoms with van der Waals surface area (Å²) in [4.78, 5) is 16.1. The maximum Gasteiger partial charge on any atom is 0.244 e. The molecule has 6 nitrogen and oxygen atoms in total. The van der Waals surface area contributed by atoms with Crippen LogP contribution in [0.2, 0.25) is 0 Å². The minimum atomic E-state index is -0.0720. The van der Waals surface area contributed by atoms with Crippen LogP contribution in [0.25, 0.3) is 11.8 Å². The number of amides is 1. The largest absolute Gasteiger partial charge is 0.350 e. The summed E-state index contributed by atoms with van der Waals surface area (Å²) in [6.45, 7) is 6.50. The van der Waals surface area contributed by atoms with Crippen LogP contribution in [0.1, 0.15) is 32.4 Å². The molecule has 2 heterocycles. The van der Waals surface area contributed by atoms with Gasteiger partial charge < -0.3 is 10.2 Å². The lowest BCUT2D eigenvalue weighted by Gasteiger charge is -2.34. The smallest absolute Gasteiger partial charge is 0.244 e. The normalized spacial score (nSPS) is 16.6. The van der Waals surface area contributed by atoms with E-state index in [9.17, 15) is 4.79 Å². The predicted octanol–water partition coefficient (Wildman–Crippen LogP) is 2.27. The topological polar surface area (TPSA) is 63.1 Å². The van der Waals surface area contributed by atoms with Gasteiger partial charge in [0.2, 0.25) is 5.91 Å². The van der Waals surface area contributed by atoms with Crippen LogP contribution in [0, 0.1) is 0 Å². The van der Waals surface area contributed by atoms with E-state index >= 15 is 0 Å². The summed E-state index contributed by atoms with van der Waals surface area (Å²) in [5.41, 5.74) is 1.55. The number of aromatic nitrogens is 3. The van der Waals surface area contributed by atoms with Crippen LogP contribution in [-0.2, 0) is 4.79 Å². The molecule has 0 saturated carbocycles. The van der Waals surface area contributed by atoms with E-state index in [-0.39, 0.29) is 11.9 Å². The van der Waals surface area contributed by atoms with Crippen molar-refractivity contribution < 1.29 is 4.79 Å². The Morgan fingerprint density at radius 1 is 1.24 bits per heavy atom. The highest BCUT2D eigenvalue weighted by Crippen LogP contribution is 2.13. The fourth-order valence-corrected chi connectivity index (χ4v) is 3.01. The van der Waals surface area contributed by atoms with Gasteiger partial charge in [-0.2, -0.15) is 9.90 Å². The molecule has 1 saturated heterocycles. The van der Waals surface area contributed by atoms with Crippen LogP contribution in [0.3, 0.4) is 0 Å². The number of benzene rings is 1. The minimum Gasteiger partial charge on any atom is -0.350 e. The van der Waals surface area contributed by atoms with Crippen LogP contribution in [0.15, 0.2) is 42.6 Å². The number of para-hydroxylation sites is 1. The molecule has 1 amide bonds. The predicted molar refractivity (Wildman–Crippen MR) is 98.3 cm³/mol. The molecule has 0 spiro atoms. The first kappa shape index (κ1) is 17.4. The van der Waals surface area contributed by atoms with Crippen molar-refractivity contribution in [2.24, 2.45) is 0 Å². The Balaban J connectivity index is 1.51. The van der Waals surface area contributed by atoms with E-state index in [1.165, 1.54) is 6.08 Å². The van der Waals surface area contributed by atoms with E-state index in [1.807, 2.05) is 30.3 Å². The van der Waals surface area contributed by atoms with Gasteiger partial charge in [0.15, 0.2) is 0 Å². The maximum absolute atomic E-state index is 12.1. The molecule has 2 aromatic rings. The molecule has 1 aromatic carbocycles. The molecule has 132 valence electrons. The van der Waals surface area contributed by atoms with Crippen molar-refractivity contribution >= 4 is 12.0 Å². The number of nitrogens with zero attached hydrogens (tertiary/aromatic N) is 4. The van der Waals surface area contributed by atoms with Crippen molar-refractivity contribution in [2.45, 2.75) is 38.8 Å². The van der Waals surface area contributed by atoms with Gasteiger partial charge >= 0.3 is 0 Å². The number of hydrogen-bond donors (Lipinski definition) is 1. The first-order valence-electron chi connectivity index (χ1n) is 8.82. The summed E-state index contributed by atoms with van der Waals surface area (Å²) < 4.78 is 0. The Morgan fingerprint density at radius 2 is 1.96 bits per heavy atom. The number of carbonyl (C=O) groups excluding carboxylic acids is 1. The fourth-order valence-electron chi connectivity index (χ4n) is 3.01. The van der Waals surface area contributed by atoms with Crippen LogP contribution < -0.4 is 5.32 Å². The van der Waals surface area contributed by atoms with E-state index in [2.05, 4.69) is 34.3 Å². The van der Waals surface area contributed by atoms with Gasteiger partial charge in [-0.15, -0.1) is 5.10 Å². The lowest BCUT2D eigenvalue weighted by Crippen LogP contribution is -2.46. The summed E-state index contributed by atoms with van der Waals surface area (Å²) in [6.07, 6.45) is 6.89. The Bertz CT molecular complexity index is 714. The number of rotatable bonds is 5. The zero-order valence-electron chi connectivity index (χ0n) is 14.8. The third-order valence-electron chi connectivity index (χ3n) is 4.51. The van der Waals surface area contributed by atoms with Gasteiger partial charge in [0.1, 0.15) is 5.69 Å². The summed E-state index contributed by atoms with van der Waals surface area (Å²) in [5.74, 6) is -0.0720. The summed E-state index contributed by atoms with van der Waals surface area (Å²) >= 11 is 0. The second-order valence-corrected chi connectivity index (χ2v) is 6.64. The number of piperidine rings is 1. The summed E-state index contributed by atoms with van der Waals surface area (Å²) in [7, 11) is 0. The van der Waals surface area contributed by atoms with E-state index in [1.54, 1.807) is 17.1 Å². The fraction of sp³-hybridized carbons (Fsp3) is 0.421. The highest BCUT2D eigenvalue weighted by molar-refractivity contribution is 5.91. The average Bonchev–Trinajstić information content (AvgIpc) is 3.10. The number of hydrogen-bond acceptors (Lipinski definition) is 4. The standard InChI is InChI=1S/C19H25N5O/c1-15(2)23-12-10-16(11-13-23)21-19(25)9-8-17-14-20-24(22-17)18-6-4-3-5-7-18/h3-9,14-16H,10-13H2,1-2H3,(H,21,25)/b9-8+. The second-order valence-electron chi connectivity index (χ2n) is 6.64. The molecule has 0 aliphatic carbocycles. The summed E-state index contributed by atoms with van der Waals surface area (Å²) in [5, 5.41) is 11.7. The molecule has 0 atom stereocenters. The van der Waals surface area contributed by atoms with Gasteiger partial charge in [0, 0.05) is 31.2 Å². The third-order valence-corrected chi connectivity index (χ3v) is 4.51. The summed E-state index contributed by atoms with van der Waals surface area (Å²) in [6, 6.07) is 10.5. The average molecular weight is 339 g/mol. The van der Waals surface area contributed by atoms with Crippen molar-refractivity contribution in [1.29, 1.82) is 0 Å². The minimum absolute atomic E-state index is 0.0720. The van der Waals surface area contributed by atoms with Gasteiger partial charge in [-0.1, -0.05) is 18.2 Å². The van der Waals surface area contributed by atoms with Crippen LogP contribution in [0.5, 0.6) is 0 Å². The van der Waals surface area contributed by atoms with Crippen molar-refractivity contribution in [3.8, 4) is 5.69 Å². The molecule has 1 fully saturated rings.